The van der Waals surface area contributed by atoms with Crippen LogP contribution < -0.4 is 5.32 Å². The second-order valence-electron chi connectivity index (χ2n) is 8.65. The number of thiazole rings is 1. The van der Waals surface area contributed by atoms with Crippen molar-refractivity contribution in [1.29, 1.82) is 0 Å². The first-order valence-corrected chi connectivity index (χ1v) is 13.5. The maximum Gasteiger partial charge on any atom is 0.527 e. The number of hydrogen-bond donors (Lipinski definition) is 2. The number of nitrogens with one attached hydrogen (secondary N) is 1. The lowest BCUT2D eigenvalue weighted by Gasteiger charge is -2.35. The van der Waals surface area contributed by atoms with Gasteiger partial charge in [0.2, 0.25) is 5.91 Å². The van der Waals surface area contributed by atoms with Gasteiger partial charge >= 0.3 is 12.1 Å². The highest BCUT2D eigenvalue weighted by Gasteiger charge is 2.31. The van der Waals surface area contributed by atoms with E-state index in [1.165, 1.54) is 27.4 Å². The van der Waals surface area contributed by atoms with Crippen LogP contribution in [0.5, 0.6) is 0 Å². The summed E-state index contributed by atoms with van der Waals surface area (Å²) in [6, 6.07) is 9.51. The first kappa shape index (κ1) is 28.6. The van der Waals surface area contributed by atoms with Crippen LogP contribution in [0.15, 0.2) is 48.0 Å². The van der Waals surface area contributed by atoms with E-state index in [2.05, 4.69) is 20.3 Å². The molecular weight excluding hydrogens is 540 g/mol. The number of hydroxylamine groups is 2. The van der Waals surface area contributed by atoms with Gasteiger partial charge in [-0.05, 0) is 19.4 Å². The Balaban J connectivity index is 1.52. The van der Waals surface area contributed by atoms with E-state index in [1.54, 1.807) is 18.5 Å². The number of aromatic nitrogens is 3. The van der Waals surface area contributed by atoms with E-state index >= 15 is 0 Å². The molecule has 0 bridgehead atoms. The van der Waals surface area contributed by atoms with Crippen LogP contribution in [0.25, 0.3) is 22.1 Å². The molecule has 0 aliphatic carbocycles. The minimum Gasteiger partial charge on any atom is -0.481 e. The highest BCUT2D eigenvalue weighted by Crippen LogP contribution is 2.24. The zero-order valence-electron chi connectivity index (χ0n) is 21.7. The highest BCUT2D eigenvalue weighted by molar-refractivity contribution is 7.13. The number of carbonyl (C=O) groups excluding carboxylic acids is 3. The summed E-state index contributed by atoms with van der Waals surface area (Å²) in [7, 11) is 0. The summed E-state index contributed by atoms with van der Waals surface area (Å²) in [4.78, 5) is 69.5. The summed E-state index contributed by atoms with van der Waals surface area (Å²) in [5.41, 5.74) is 1.15. The summed E-state index contributed by atoms with van der Waals surface area (Å²) in [6.07, 6.45) is 0.356. The van der Waals surface area contributed by atoms with E-state index in [1.807, 2.05) is 30.3 Å². The molecule has 1 aliphatic heterocycles. The Morgan fingerprint density at radius 2 is 1.85 bits per heavy atom. The molecule has 1 saturated heterocycles. The number of amides is 2. The number of nitrogens with zero attached hydrogens (tertiary/aromatic N) is 5. The second kappa shape index (κ2) is 13.6. The Labute approximate surface area is 233 Å². The Morgan fingerprint density at radius 3 is 2.50 bits per heavy atom. The van der Waals surface area contributed by atoms with Crippen LogP contribution in [0, 0.1) is 0 Å². The number of piperazine rings is 1. The summed E-state index contributed by atoms with van der Waals surface area (Å²) >= 11 is 1.35. The molecule has 1 aliphatic rings. The van der Waals surface area contributed by atoms with Crippen molar-refractivity contribution in [2.24, 2.45) is 0 Å². The number of carboxylic acid groups (broad SMARTS) is 1. The van der Waals surface area contributed by atoms with Crippen LogP contribution in [0.1, 0.15) is 30.3 Å². The van der Waals surface area contributed by atoms with Gasteiger partial charge in [0.25, 0.3) is 5.91 Å². The van der Waals surface area contributed by atoms with Crippen LogP contribution in [0.3, 0.4) is 0 Å². The van der Waals surface area contributed by atoms with Crippen LogP contribution in [0.4, 0.5) is 4.79 Å². The first-order valence-electron chi connectivity index (χ1n) is 12.6. The Morgan fingerprint density at radius 1 is 1.10 bits per heavy atom. The molecule has 0 saturated carbocycles. The smallest absolute Gasteiger partial charge is 0.481 e. The molecule has 2 aromatic heterocycles. The van der Waals surface area contributed by atoms with Crippen molar-refractivity contribution < 1.29 is 33.9 Å². The SMILES string of the molecule is CCOC(=O)ON1CCN(C(=O)[C@H](CCC(=O)O)NC(=O)c2cc(-c3nccs3)nc(-c3ccccc3)n2)CC1. The quantitative estimate of drug-likeness (QED) is 0.345. The molecule has 1 aromatic carbocycles. The number of aliphatic carboxylic acids is 1. The standard InChI is InChI=1S/C26H28N6O7S/c1-2-38-26(37)39-32-13-11-31(12-14-32)25(36)18(8-9-21(33)34)30-23(35)19-16-20(24-27-10-15-40-24)29-22(28-19)17-6-4-3-5-7-17/h3-7,10,15-16,18H,2,8-9,11-14H2,1H3,(H,30,35)(H,33,34)/t18-/m0/s1. The molecule has 0 spiro atoms. The van der Waals surface area contributed by atoms with E-state index in [0.29, 0.717) is 22.1 Å². The fourth-order valence-electron chi connectivity index (χ4n) is 3.97. The maximum atomic E-state index is 13.4. The minimum absolute atomic E-state index is 0.0137. The zero-order valence-corrected chi connectivity index (χ0v) is 22.5. The van der Waals surface area contributed by atoms with Crippen molar-refractivity contribution in [3.05, 3.63) is 53.7 Å². The number of rotatable bonds is 10. The average Bonchev–Trinajstić information content (AvgIpc) is 3.51. The van der Waals surface area contributed by atoms with E-state index in [4.69, 9.17) is 9.57 Å². The molecule has 3 aromatic rings. The van der Waals surface area contributed by atoms with E-state index < -0.39 is 30.0 Å². The van der Waals surface area contributed by atoms with Crippen molar-refractivity contribution in [2.75, 3.05) is 32.8 Å². The van der Waals surface area contributed by atoms with Gasteiger partial charge in [0.1, 0.15) is 22.4 Å². The third kappa shape index (κ3) is 7.57. The summed E-state index contributed by atoms with van der Waals surface area (Å²) in [5.74, 6) is -1.88. The first-order chi connectivity index (χ1) is 19.3. The fourth-order valence-corrected chi connectivity index (χ4v) is 4.56. The molecule has 2 amide bonds. The largest absolute Gasteiger partial charge is 0.527 e. The number of carboxylic acids is 1. The fraction of sp³-hybridized carbons (Fsp3) is 0.346. The summed E-state index contributed by atoms with van der Waals surface area (Å²) < 4.78 is 4.77. The predicted molar refractivity (Wildman–Crippen MR) is 143 cm³/mol. The van der Waals surface area contributed by atoms with Crippen molar-refractivity contribution in [3.8, 4) is 22.1 Å². The normalized spacial score (nSPS) is 14.3. The van der Waals surface area contributed by atoms with E-state index in [0.717, 1.165) is 0 Å². The van der Waals surface area contributed by atoms with Gasteiger partial charge in [-0.2, -0.15) is 0 Å². The van der Waals surface area contributed by atoms with Crippen LogP contribution >= 0.6 is 11.3 Å². The van der Waals surface area contributed by atoms with Gasteiger partial charge in [0.05, 0.1) is 19.7 Å². The molecule has 0 radical (unpaired) electrons. The van der Waals surface area contributed by atoms with Gasteiger partial charge in [-0.25, -0.2) is 19.7 Å². The summed E-state index contributed by atoms with van der Waals surface area (Å²) in [5, 5.41) is 15.7. The molecule has 2 N–H and O–H groups in total. The molecule has 40 heavy (non-hydrogen) atoms. The molecule has 14 heteroatoms. The molecular formula is C26H28N6O7S. The maximum absolute atomic E-state index is 13.4. The lowest BCUT2D eigenvalue weighted by atomic mass is 10.1. The number of benzene rings is 1. The third-order valence-electron chi connectivity index (χ3n) is 5.91. The van der Waals surface area contributed by atoms with Gasteiger partial charge < -0.3 is 24.9 Å². The van der Waals surface area contributed by atoms with Crippen molar-refractivity contribution in [1.82, 2.24) is 30.2 Å². The predicted octanol–water partition coefficient (Wildman–Crippen LogP) is 2.46. The topological polar surface area (TPSA) is 164 Å². The van der Waals surface area contributed by atoms with Crippen molar-refractivity contribution >= 4 is 35.3 Å². The lowest BCUT2D eigenvalue weighted by molar-refractivity contribution is -0.157. The summed E-state index contributed by atoms with van der Waals surface area (Å²) in [6.45, 7) is 2.70. The number of hydrogen-bond acceptors (Lipinski definition) is 11. The van der Waals surface area contributed by atoms with Gasteiger partial charge in [-0.3, -0.25) is 14.4 Å². The monoisotopic (exact) mass is 568 g/mol. The minimum atomic E-state index is -1.11. The van der Waals surface area contributed by atoms with Crippen LogP contribution in [0.2, 0.25) is 0 Å². The molecule has 3 heterocycles. The van der Waals surface area contributed by atoms with Crippen molar-refractivity contribution in [3.63, 3.8) is 0 Å². The Bertz CT molecular complexity index is 1330. The highest BCUT2D eigenvalue weighted by atomic mass is 32.1. The molecule has 210 valence electrons. The van der Waals surface area contributed by atoms with E-state index in [9.17, 15) is 24.3 Å². The Hall–Kier alpha value is -4.43. The number of carbonyl (C=O) groups is 4. The lowest BCUT2D eigenvalue weighted by Crippen LogP contribution is -2.55. The van der Waals surface area contributed by atoms with Gasteiger partial charge in [-0.1, -0.05) is 30.3 Å². The van der Waals surface area contributed by atoms with Crippen molar-refractivity contribution in [2.45, 2.75) is 25.8 Å². The van der Waals surface area contributed by atoms with Crippen LogP contribution in [-0.2, 0) is 19.2 Å². The van der Waals surface area contributed by atoms with Crippen LogP contribution in [-0.4, -0.2) is 92.8 Å². The molecule has 13 nitrogen and oxygen atoms in total. The van der Waals surface area contributed by atoms with Gasteiger partial charge in [0, 0.05) is 36.7 Å². The average molecular weight is 569 g/mol. The molecule has 0 unspecified atom stereocenters. The second-order valence-corrected chi connectivity index (χ2v) is 9.55. The third-order valence-corrected chi connectivity index (χ3v) is 6.70. The molecule has 1 atom stereocenters. The Kier molecular flexibility index (Phi) is 9.70. The number of ether oxygens (including phenoxy) is 1. The van der Waals surface area contributed by atoms with Gasteiger partial charge in [-0.15, -0.1) is 16.4 Å². The molecule has 1 fully saturated rings. The molecule has 4 rings (SSSR count). The zero-order chi connectivity index (χ0) is 28.5. The van der Waals surface area contributed by atoms with E-state index in [-0.39, 0.29) is 51.3 Å². The van der Waals surface area contributed by atoms with Gasteiger partial charge in [0.15, 0.2) is 5.82 Å².